The molecule has 0 unspecified atom stereocenters. The number of fused-ring (bicyclic) bond motifs is 4. The zero-order valence-corrected chi connectivity index (χ0v) is 14.8. The first-order valence-electron chi connectivity index (χ1n) is 8.85. The number of aryl methyl sites for hydroxylation is 1. The van der Waals surface area contributed by atoms with Crippen molar-refractivity contribution >= 4 is 22.4 Å². The summed E-state index contributed by atoms with van der Waals surface area (Å²) in [5.74, 6) is 2.05. The van der Waals surface area contributed by atoms with Gasteiger partial charge in [0, 0.05) is 11.1 Å². The zero-order valence-electron chi connectivity index (χ0n) is 14.8. The molecule has 1 nitrogen and oxygen atoms in total. The van der Waals surface area contributed by atoms with Crippen LogP contribution in [0.1, 0.15) is 33.6 Å². The lowest BCUT2D eigenvalue weighted by atomic mass is 9.99. The molecule has 2 aromatic rings. The summed E-state index contributed by atoms with van der Waals surface area (Å²) in [6, 6.07) is 17.4. The number of allylic oxidation sites excluding steroid dienone is 1. The van der Waals surface area contributed by atoms with Crippen molar-refractivity contribution in [2.45, 2.75) is 27.2 Å². The van der Waals surface area contributed by atoms with E-state index in [4.69, 9.17) is 4.42 Å². The third-order valence-corrected chi connectivity index (χ3v) is 5.73. The molecule has 0 fully saturated rings. The second kappa shape index (κ2) is 5.10. The minimum absolute atomic E-state index is 0.973. The molecule has 1 heteroatoms. The van der Waals surface area contributed by atoms with Crippen molar-refractivity contribution in [2.75, 3.05) is 0 Å². The second-order valence-corrected chi connectivity index (χ2v) is 7.08. The van der Waals surface area contributed by atoms with Crippen molar-refractivity contribution in [3.63, 3.8) is 0 Å². The summed E-state index contributed by atoms with van der Waals surface area (Å²) in [5.41, 5.74) is 9.21. The SMILES string of the molecule is Cc1oc2c(C3=Cc4ccccc4C3)c3ccccc3c-2c(C)c1C. The molecule has 0 radical (unpaired) electrons. The largest absolute Gasteiger partial charge is 0.460 e. The van der Waals surface area contributed by atoms with E-state index in [9.17, 15) is 0 Å². The van der Waals surface area contributed by atoms with E-state index in [1.807, 2.05) is 0 Å². The highest BCUT2D eigenvalue weighted by atomic mass is 16.3. The van der Waals surface area contributed by atoms with Crippen LogP contribution in [-0.4, -0.2) is 0 Å². The van der Waals surface area contributed by atoms with Crippen LogP contribution >= 0.6 is 0 Å². The molecule has 0 bridgehead atoms. The van der Waals surface area contributed by atoms with E-state index in [-0.39, 0.29) is 0 Å². The Morgan fingerprint density at radius 1 is 0.760 bits per heavy atom. The van der Waals surface area contributed by atoms with Crippen molar-refractivity contribution in [2.24, 2.45) is 0 Å². The molecule has 3 aliphatic rings. The van der Waals surface area contributed by atoms with Crippen LogP contribution in [0.25, 0.3) is 33.7 Å². The van der Waals surface area contributed by atoms with E-state index in [2.05, 4.69) is 75.4 Å². The van der Waals surface area contributed by atoms with E-state index in [0.717, 1.165) is 17.9 Å². The summed E-state index contributed by atoms with van der Waals surface area (Å²) in [5, 5.41) is 2.60. The van der Waals surface area contributed by atoms with Gasteiger partial charge in [-0.3, -0.25) is 0 Å². The smallest absolute Gasteiger partial charge is 0.143 e. The van der Waals surface area contributed by atoms with Crippen molar-refractivity contribution in [3.8, 4) is 11.3 Å². The average Bonchev–Trinajstić information content (AvgIpc) is 3.17. The molecular formula is C24H20O. The highest BCUT2D eigenvalue weighted by Gasteiger charge is 2.27. The summed E-state index contributed by atoms with van der Waals surface area (Å²) in [4.78, 5) is 0. The molecule has 25 heavy (non-hydrogen) atoms. The fourth-order valence-electron chi connectivity index (χ4n) is 4.20. The Balaban J connectivity index is 1.87. The summed E-state index contributed by atoms with van der Waals surface area (Å²) >= 11 is 0. The molecule has 0 aromatic heterocycles. The van der Waals surface area contributed by atoms with Crippen LogP contribution in [0.4, 0.5) is 0 Å². The first kappa shape index (κ1) is 14.5. The van der Waals surface area contributed by atoms with Crippen LogP contribution in [0, 0.1) is 20.8 Å². The second-order valence-electron chi connectivity index (χ2n) is 7.08. The number of hydrogen-bond acceptors (Lipinski definition) is 1. The van der Waals surface area contributed by atoms with Crippen LogP contribution in [0.2, 0.25) is 0 Å². The normalized spacial score (nSPS) is 13.5. The van der Waals surface area contributed by atoms with E-state index in [1.54, 1.807) is 0 Å². The molecule has 2 aromatic carbocycles. The highest BCUT2D eigenvalue weighted by molar-refractivity contribution is 6.13. The summed E-state index contributed by atoms with van der Waals surface area (Å²) < 4.78 is 6.36. The van der Waals surface area contributed by atoms with Crippen molar-refractivity contribution in [1.82, 2.24) is 0 Å². The highest BCUT2D eigenvalue weighted by Crippen LogP contribution is 2.48. The lowest BCUT2D eigenvalue weighted by molar-refractivity contribution is 0.524. The van der Waals surface area contributed by atoms with Crippen LogP contribution in [0.3, 0.4) is 0 Å². The molecule has 2 aliphatic carbocycles. The molecule has 0 spiro atoms. The van der Waals surface area contributed by atoms with E-state index < -0.39 is 0 Å². The number of hydrogen-bond donors (Lipinski definition) is 0. The van der Waals surface area contributed by atoms with Crippen molar-refractivity contribution in [1.29, 1.82) is 0 Å². The Bertz CT molecular complexity index is 1140. The Morgan fingerprint density at radius 3 is 2.20 bits per heavy atom. The topological polar surface area (TPSA) is 13.1 Å². The fourth-order valence-corrected chi connectivity index (χ4v) is 4.20. The average molecular weight is 324 g/mol. The summed E-state index contributed by atoms with van der Waals surface area (Å²) in [7, 11) is 0. The minimum atomic E-state index is 0.973. The van der Waals surface area contributed by atoms with Gasteiger partial charge in [-0.25, -0.2) is 0 Å². The minimum Gasteiger partial charge on any atom is -0.460 e. The maximum atomic E-state index is 6.36. The predicted molar refractivity (Wildman–Crippen MR) is 105 cm³/mol. The first-order chi connectivity index (χ1) is 12.1. The van der Waals surface area contributed by atoms with Gasteiger partial charge in [0.25, 0.3) is 0 Å². The van der Waals surface area contributed by atoms with E-state index >= 15 is 0 Å². The maximum absolute atomic E-state index is 6.36. The van der Waals surface area contributed by atoms with Gasteiger partial charge < -0.3 is 4.42 Å². The van der Waals surface area contributed by atoms with Gasteiger partial charge in [0.05, 0.1) is 0 Å². The lowest BCUT2D eigenvalue weighted by Gasteiger charge is -2.12. The van der Waals surface area contributed by atoms with Gasteiger partial charge in [0.1, 0.15) is 11.5 Å². The standard InChI is InChI=1S/C24H20O/c1-14-15(2)22-20-10-6-7-11-21(20)23(24(22)25-16(14)3)19-12-17-8-4-5-9-18(17)13-19/h4-12H,13H2,1-3H3. The third kappa shape index (κ3) is 1.96. The predicted octanol–water partition coefficient (Wildman–Crippen LogP) is 6.56. The number of rotatable bonds is 1. The van der Waals surface area contributed by atoms with Gasteiger partial charge in [0.2, 0.25) is 0 Å². The summed E-state index contributed by atoms with van der Waals surface area (Å²) in [6.45, 7) is 6.44. The van der Waals surface area contributed by atoms with Crippen LogP contribution in [0.15, 0.2) is 52.9 Å². The van der Waals surface area contributed by atoms with Crippen molar-refractivity contribution in [3.05, 3.63) is 82.1 Å². The van der Waals surface area contributed by atoms with E-state index in [0.29, 0.717) is 0 Å². The maximum Gasteiger partial charge on any atom is 0.143 e. The Hall–Kier alpha value is -2.80. The quantitative estimate of drug-likeness (QED) is 0.386. The lowest BCUT2D eigenvalue weighted by Crippen LogP contribution is -1.93. The van der Waals surface area contributed by atoms with Crippen LogP contribution < -0.4 is 0 Å². The number of benzene rings is 2. The van der Waals surface area contributed by atoms with Crippen LogP contribution in [0.5, 0.6) is 0 Å². The molecule has 0 saturated heterocycles. The molecular weight excluding hydrogens is 304 g/mol. The summed E-state index contributed by atoms with van der Waals surface area (Å²) in [6.07, 6.45) is 3.30. The van der Waals surface area contributed by atoms with Gasteiger partial charge in [0.15, 0.2) is 0 Å². The first-order valence-corrected chi connectivity index (χ1v) is 8.85. The molecule has 1 aliphatic heterocycles. The van der Waals surface area contributed by atoms with Gasteiger partial charge in [-0.2, -0.15) is 0 Å². The van der Waals surface area contributed by atoms with E-state index in [1.165, 1.54) is 49.7 Å². The molecule has 0 amide bonds. The molecule has 1 heterocycles. The Labute approximate surface area is 147 Å². The molecule has 122 valence electrons. The van der Waals surface area contributed by atoms with Gasteiger partial charge in [-0.15, -0.1) is 0 Å². The Kier molecular flexibility index (Phi) is 2.96. The van der Waals surface area contributed by atoms with Gasteiger partial charge >= 0.3 is 0 Å². The molecule has 0 N–H and O–H groups in total. The monoisotopic (exact) mass is 324 g/mol. The molecule has 5 rings (SSSR count). The van der Waals surface area contributed by atoms with Crippen molar-refractivity contribution < 1.29 is 4.42 Å². The Morgan fingerprint density at radius 2 is 1.44 bits per heavy atom. The van der Waals surface area contributed by atoms with Crippen LogP contribution in [-0.2, 0) is 6.42 Å². The van der Waals surface area contributed by atoms with Gasteiger partial charge in [-0.05, 0) is 65.8 Å². The molecule has 0 saturated carbocycles. The van der Waals surface area contributed by atoms with Gasteiger partial charge in [-0.1, -0.05) is 54.6 Å². The zero-order chi connectivity index (χ0) is 17.1. The fraction of sp³-hybridized carbons (Fsp3) is 0.167. The third-order valence-electron chi connectivity index (χ3n) is 5.73. The molecule has 0 atom stereocenters.